The SMILES string of the molecule is C=C[C@]1(C)C[C@@H](OC(=O)NC(=O)OCCNC(=O)C(N)=O)[C@@]2(C)C(C)CC[C@]3(CCC(=O)[C@H]32)[C@@H](C)[C@@H]1O. The molecule has 2 bridgehead atoms. The van der Waals surface area contributed by atoms with E-state index in [0.717, 1.165) is 12.8 Å². The number of aliphatic hydroxyl groups excluding tert-OH is 1. The second-order valence-corrected chi connectivity index (χ2v) is 11.4. The molecule has 11 nitrogen and oxygen atoms in total. The monoisotopic (exact) mass is 521 g/mol. The molecule has 3 fully saturated rings. The Hall–Kier alpha value is -2.95. The number of aliphatic hydroxyl groups is 1. The van der Waals surface area contributed by atoms with Crippen molar-refractivity contribution >= 4 is 29.8 Å². The van der Waals surface area contributed by atoms with Crippen LogP contribution >= 0.6 is 0 Å². The normalized spacial score (nSPS) is 38.8. The Balaban J connectivity index is 1.81. The van der Waals surface area contributed by atoms with E-state index in [9.17, 15) is 29.1 Å². The maximum Gasteiger partial charge on any atom is 0.416 e. The van der Waals surface area contributed by atoms with Crippen molar-refractivity contribution in [2.75, 3.05) is 13.2 Å². The first-order valence-electron chi connectivity index (χ1n) is 12.8. The molecule has 4 amide bonds. The summed E-state index contributed by atoms with van der Waals surface area (Å²) in [4.78, 5) is 60.2. The number of hydrogen-bond acceptors (Lipinski definition) is 8. The van der Waals surface area contributed by atoms with Gasteiger partial charge in [-0.3, -0.25) is 14.4 Å². The van der Waals surface area contributed by atoms with Gasteiger partial charge in [0.2, 0.25) is 0 Å². The van der Waals surface area contributed by atoms with E-state index in [4.69, 9.17) is 15.2 Å². The largest absolute Gasteiger partial charge is 0.447 e. The number of hydrogen-bond donors (Lipinski definition) is 4. The van der Waals surface area contributed by atoms with Gasteiger partial charge >= 0.3 is 24.0 Å². The summed E-state index contributed by atoms with van der Waals surface area (Å²) in [6.45, 7) is 11.4. The van der Waals surface area contributed by atoms with Gasteiger partial charge in [0.1, 0.15) is 18.5 Å². The van der Waals surface area contributed by atoms with E-state index in [-0.39, 0.29) is 43.1 Å². The molecular formula is C26H39N3O8. The van der Waals surface area contributed by atoms with Crippen LogP contribution < -0.4 is 16.4 Å². The smallest absolute Gasteiger partial charge is 0.416 e. The van der Waals surface area contributed by atoms with Crippen LogP contribution in [0.15, 0.2) is 12.7 Å². The van der Waals surface area contributed by atoms with E-state index < -0.39 is 52.5 Å². The van der Waals surface area contributed by atoms with Crippen LogP contribution in [0.4, 0.5) is 9.59 Å². The van der Waals surface area contributed by atoms with Crippen molar-refractivity contribution in [1.29, 1.82) is 0 Å². The number of rotatable bonds is 5. The van der Waals surface area contributed by atoms with E-state index in [1.54, 1.807) is 6.08 Å². The number of carbonyl (C=O) groups excluding carboxylic acids is 5. The molecule has 0 radical (unpaired) electrons. The van der Waals surface area contributed by atoms with Crippen molar-refractivity contribution in [2.24, 2.45) is 39.7 Å². The molecule has 0 aliphatic heterocycles. The van der Waals surface area contributed by atoms with Gasteiger partial charge in [0.25, 0.3) is 0 Å². The molecule has 5 N–H and O–H groups in total. The fourth-order valence-electron chi connectivity index (χ4n) is 7.17. The molecule has 1 unspecified atom stereocenters. The lowest BCUT2D eigenvalue weighted by Crippen LogP contribution is -2.63. The molecule has 37 heavy (non-hydrogen) atoms. The number of ketones is 1. The molecule has 11 heteroatoms. The Morgan fingerprint density at radius 1 is 1.19 bits per heavy atom. The lowest BCUT2D eigenvalue weighted by Gasteiger charge is -2.61. The van der Waals surface area contributed by atoms with Crippen LogP contribution in [-0.2, 0) is 23.9 Å². The number of alkyl carbamates (subject to hydrolysis) is 2. The van der Waals surface area contributed by atoms with Crippen LogP contribution in [0.3, 0.4) is 0 Å². The number of primary amides is 1. The highest BCUT2D eigenvalue weighted by Gasteiger charge is 2.68. The van der Waals surface area contributed by atoms with E-state index in [1.807, 2.05) is 26.1 Å². The van der Waals surface area contributed by atoms with E-state index in [0.29, 0.717) is 12.8 Å². The van der Waals surface area contributed by atoms with E-state index in [1.165, 1.54) is 0 Å². The molecular weight excluding hydrogens is 482 g/mol. The number of carbonyl (C=O) groups is 5. The Morgan fingerprint density at radius 2 is 1.86 bits per heavy atom. The summed E-state index contributed by atoms with van der Waals surface area (Å²) in [5.74, 6) is -2.57. The topological polar surface area (TPSA) is 174 Å². The average Bonchev–Trinajstić information content (AvgIpc) is 3.20. The lowest BCUT2D eigenvalue weighted by atomic mass is 9.44. The molecule has 3 rings (SSSR count). The third kappa shape index (κ3) is 4.97. The molecule has 0 spiro atoms. The zero-order valence-electron chi connectivity index (χ0n) is 22.0. The number of nitrogens with two attached hydrogens (primary N) is 1. The third-order valence-electron chi connectivity index (χ3n) is 9.60. The maximum atomic E-state index is 13.4. The Labute approximate surface area is 216 Å². The highest BCUT2D eigenvalue weighted by Crippen LogP contribution is 2.67. The van der Waals surface area contributed by atoms with Crippen LogP contribution in [0.25, 0.3) is 0 Å². The van der Waals surface area contributed by atoms with Gasteiger partial charge in [-0.05, 0) is 42.9 Å². The number of ether oxygens (including phenoxy) is 2. The molecule has 0 aromatic rings. The van der Waals surface area contributed by atoms with Gasteiger partial charge in [-0.15, -0.1) is 6.58 Å². The van der Waals surface area contributed by atoms with Gasteiger partial charge in [0.15, 0.2) is 0 Å². The summed E-state index contributed by atoms with van der Waals surface area (Å²) in [6, 6.07) is 0. The van der Waals surface area contributed by atoms with Crippen molar-refractivity contribution in [1.82, 2.24) is 10.6 Å². The number of nitrogens with one attached hydrogen (secondary N) is 2. The first-order chi connectivity index (χ1) is 17.2. The Bertz CT molecular complexity index is 985. The summed E-state index contributed by atoms with van der Waals surface area (Å²) in [5.41, 5.74) is 2.89. The van der Waals surface area contributed by atoms with Crippen LogP contribution in [0, 0.1) is 34.0 Å². The molecule has 0 saturated heterocycles. The van der Waals surface area contributed by atoms with Crippen molar-refractivity contribution in [3.63, 3.8) is 0 Å². The van der Waals surface area contributed by atoms with Crippen molar-refractivity contribution in [3.05, 3.63) is 12.7 Å². The maximum absolute atomic E-state index is 13.4. The number of imide groups is 1. The zero-order valence-corrected chi connectivity index (χ0v) is 22.0. The second kappa shape index (κ2) is 10.4. The van der Waals surface area contributed by atoms with Crippen LogP contribution in [-0.4, -0.2) is 60.3 Å². The zero-order chi connectivity index (χ0) is 27.8. The predicted octanol–water partition coefficient (Wildman–Crippen LogP) is 1.81. The number of amides is 4. The molecule has 206 valence electrons. The standard InChI is InChI=1S/C26H39N3O8/c1-6-24(4)13-17(37-23(35)29-22(34)36-12-11-28-21(33)20(27)32)25(5)14(2)7-9-26(15(3)19(24)31)10-8-16(30)18(25)26/h6,14-15,17-19,31H,1,7-13H2,2-5H3,(H2,27,32)(H,28,33)(H,29,34,35)/t14?,15-,17+,18-,19-,24+,25+,26-/m0/s1. The summed E-state index contributed by atoms with van der Waals surface area (Å²) < 4.78 is 10.7. The predicted molar refractivity (Wildman–Crippen MR) is 132 cm³/mol. The van der Waals surface area contributed by atoms with Gasteiger partial charge in [0.05, 0.1) is 12.6 Å². The molecule has 3 saturated carbocycles. The summed E-state index contributed by atoms with van der Waals surface area (Å²) in [5, 5.41) is 15.7. The summed E-state index contributed by atoms with van der Waals surface area (Å²) in [7, 11) is 0. The molecule has 0 heterocycles. The highest BCUT2D eigenvalue weighted by molar-refractivity contribution is 6.34. The van der Waals surface area contributed by atoms with Crippen molar-refractivity contribution in [3.8, 4) is 0 Å². The Kier molecular flexibility index (Phi) is 8.07. The van der Waals surface area contributed by atoms with Gasteiger partial charge in [-0.1, -0.05) is 33.8 Å². The average molecular weight is 522 g/mol. The minimum absolute atomic E-state index is 0.0443. The molecule has 3 aliphatic carbocycles. The van der Waals surface area contributed by atoms with Crippen LogP contribution in [0.1, 0.15) is 59.8 Å². The first kappa shape index (κ1) is 28.6. The van der Waals surface area contributed by atoms with Crippen molar-refractivity contribution in [2.45, 2.75) is 72.0 Å². The first-order valence-corrected chi connectivity index (χ1v) is 12.8. The van der Waals surface area contributed by atoms with Crippen molar-refractivity contribution < 1.29 is 38.6 Å². The van der Waals surface area contributed by atoms with Crippen LogP contribution in [0.5, 0.6) is 0 Å². The minimum atomic E-state index is -1.17. The fraction of sp³-hybridized carbons (Fsp3) is 0.731. The fourth-order valence-corrected chi connectivity index (χ4v) is 7.17. The quantitative estimate of drug-likeness (QED) is 0.241. The van der Waals surface area contributed by atoms with Gasteiger partial charge in [-0.25, -0.2) is 14.9 Å². The molecule has 8 atom stereocenters. The van der Waals surface area contributed by atoms with Gasteiger partial charge in [-0.2, -0.15) is 0 Å². The third-order valence-corrected chi connectivity index (χ3v) is 9.60. The van der Waals surface area contributed by atoms with E-state index in [2.05, 4.69) is 18.8 Å². The lowest BCUT2D eigenvalue weighted by molar-refractivity contribution is -0.191. The Morgan fingerprint density at radius 3 is 2.49 bits per heavy atom. The number of Topliss-reactive ketones (excluding diaryl/α,β-unsaturated/α-hetero) is 1. The molecule has 0 aromatic carbocycles. The molecule has 3 aliphatic rings. The van der Waals surface area contributed by atoms with Gasteiger partial charge in [0, 0.05) is 23.2 Å². The highest BCUT2D eigenvalue weighted by atomic mass is 16.6. The second-order valence-electron chi connectivity index (χ2n) is 11.4. The summed E-state index contributed by atoms with van der Waals surface area (Å²) in [6.07, 6.45) is 0.921. The summed E-state index contributed by atoms with van der Waals surface area (Å²) >= 11 is 0. The van der Waals surface area contributed by atoms with Crippen LogP contribution in [0.2, 0.25) is 0 Å². The minimum Gasteiger partial charge on any atom is -0.447 e. The van der Waals surface area contributed by atoms with E-state index >= 15 is 0 Å². The van der Waals surface area contributed by atoms with Gasteiger partial charge < -0.3 is 25.6 Å². The molecule has 0 aromatic heterocycles.